The molecule has 0 aliphatic heterocycles. The van der Waals surface area contributed by atoms with Gasteiger partial charge in [-0.2, -0.15) is 0 Å². The predicted octanol–water partition coefficient (Wildman–Crippen LogP) is 1.36. The molecule has 0 spiro atoms. The summed E-state index contributed by atoms with van der Waals surface area (Å²) in [6.45, 7) is 1.32. The molecular weight excluding hydrogens is 278 g/mol. The van der Waals surface area contributed by atoms with Crippen molar-refractivity contribution in [2.75, 3.05) is 21.3 Å². The van der Waals surface area contributed by atoms with E-state index < -0.39 is 12.0 Å². The van der Waals surface area contributed by atoms with Crippen molar-refractivity contribution in [3.05, 3.63) is 17.7 Å². The fraction of sp³-hybridized carbons (Fsp3) is 0.429. The lowest BCUT2D eigenvalue weighted by atomic mass is 10.0. The van der Waals surface area contributed by atoms with Crippen molar-refractivity contribution < 1.29 is 28.9 Å². The Morgan fingerprint density at radius 2 is 1.62 bits per heavy atom. The molecule has 0 saturated carbocycles. The number of carboxylic acid groups (broad SMARTS) is 1. The lowest BCUT2D eigenvalue weighted by Crippen LogP contribution is -2.28. The van der Waals surface area contributed by atoms with Crippen molar-refractivity contribution in [1.29, 1.82) is 0 Å². The summed E-state index contributed by atoms with van der Waals surface area (Å²) in [5.74, 6) is -0.0830. The van der Waals surface area contributed by atoms with Gasteiger partial charge in [0.15, 0.2) is 11.5 Å². The minimum absolute atomic E-state index is 0.272. The Morgan fingerprint density at radius 3 is 2.05 bits per heavy atom. The lowest BCUT2D eigenvalue weighted by molar-refractivity contribution is -0.137. The average Bonchev–Trinajstić information content (AvgIpc) is 2.43. The van der Waals surface area contributed by atoms with E-state index in [0.717, 1.165) is 0 Å². The Kier molecular flexibility index (Phi) is 5.83. The maximum Gasteiger partial charge on any atom is 0.305 e. The van der Waals surface area contributed by atoms with Gasteiger partial charge in [0.1, 0.15) is 5.75 Å². The quantitative estimate of drug-likeness (QED) is 0.789. The second-order valence-corrected chi connectivity index (χ2v) is 4.30. The number of nitrogens with one attached hydrogen (secondary N) is 1. The van der Waals surface area contributed by atoms with Crippen LogP contribution in [0.3, 0.4) is 0 Å². The topological polar surface area (TPSA) is 94.1 Å². The van der Waals surface area contributed by atoms with E-state index in [1.165, 1.54) is 28.3 Å². The van der Waals surface area contributed by atoms with Gasteiger partial charge in [-0.05, 0) is 6.07 Å². The maximum absolute atomic E-state index is 11.3. The molecule has 21 heavy (non-hydrogen) atoms. The number of carboxylic acids is 1. The van der Waals surface area contributed by atoms with E-state index >= 15 is 0 Å². The summed E-state index contributed by atoms with van der Waals surface area (Å²) in [6.07, 6.45) is -0.272. The molecule has 0 aliphatic rings. The molecule has 0 radical (unpaired) electrons. The molecule has 0 aliphatic carbocycles. The number of carbonyl (C=O) groups excluding carboxylic acids is 1. The number of rotatable bonds is 7. The molecule has 0 heterocycles. The second-order valence-electron chi connectivity index (χ2n) is 4.30. The number of methoxy groups -OCH3 is 3. The van der Waals surface area contributed by atoms with Gasteiger partial charge in [0.05, 0.1) is 33.8 Å². The van der Waals surface area contributed by atoms with E-state index in [0.29, 0.717) is 22.8 Å². The molecule has 1 atom stereocenters. The monoisotopic (exact) mass is 297 g/mol. The van der Waals surface area contributed by atoms with Crippen LogP contribution in [0.1, 0.15) is 24.9 Å². The van der Waals surface area contributed by atoms with Crippen molar-refractivity contribution >= 4 is 11.9 Å². The third-order valence-electron chi connectivity index (χ3n) is 2.87. The van der Waals surface area contributed by atoms with Crippen molar-refractivity contribution in [3.8, 4) is 17.2 Å². The molecule has 0 fully saturated rings. The SMILES string of the molecule is COc1cc(OC)c([C@H](CC(=O)O)NC(C)=O)cc1OC. The first kappa shape index (κ1) is 16.6. The van der Waals surface area contributed by atoms with Gasteiger partial charge in [-0.25, -0.2) is 0 Å². The van der Waals surface area contributed by atoms with Crippen LogP contribution in [0.5, 0.6) is 17.2 Å². The molecule has 1 aromatic rings. The molecular formula is C14H19NO6. The summed E-state index contributed by atoms with van der Waals surface area (Å²) in [5, 5.41) is 11.6. The standard InChI is InChI=1S/C14H19NO6/c1-8(16)15-10(6-14(17)18)9-5-12(20-3)13(21-4)7-11(9)19-2/h5,7,10H,6H2,1-4H3,(H,15,16)(H,17,18)/t10-/m0/s1. The van der Waals surface area contributed by atoms with Gasteiger partial charge < -0.3 is 24.6 Å². The van der Waals surface area contributed by atoms with Crippen LogP contribution in [0, 0.1) is 0 Å². The van der Waals surface area contributed by atoms with Crippen LogP contribution in [0.2, 0.25) is 0 Å². The summed E-state index contributed by atoms with van der Waals surface area (Å²) in [6, 6.07) is 2.46. The van der Waals surface area contributed by atoms with Crippen LogP contribution in [0.25, 0.3) is 0 Å². The first-order valence-electron chi connectivity index (χ1n) is 6.21. The molecule has 0 aromatic heterocycles. The van der Waals surface area contributed by atoms with Gasteiger partial charge >= 0.3 is 5.97 Å². The van der Waals surface area contributed by atoms with Gasteiger partial charge in [-0.15, -0.1) is 0 Å². The fourth-order valence-electron chi connectivity index (χ4n) is 1.98. The second kappa shape index (κ2) is 7.37. The smallest absolute Gasteiger partial charge is 0.305 e. The Bertz CT molecular complexity index is 512. The van der Waals surface area contributed by atoms with Crippen LogP contribution in [-0.2, 0) is 9.59 Å². The van der Waals surface area contributed by atoms with E-state index in [1.54, 1.807) is 12.1 Å². The van der Waals surface area contributed by atoms with Gasteiger partial charge in [0, 0.05) is 18.6 Å². The number of carbonyl (C=O) groups is 2. The van der Waals surface area contributed by atoms with Crippen LogP contribution in [0.15, 0.2) is 12.1 Å². The molecule has 116 valence electrons. The lowest BCUT2D eigenvalue weighted by Gasteiger charge is -2.21. The van der Waals surface area contributed by atoms with E-state index in [4.69, 9.17) is 19.3 Å². The molecule has 1 aromatic carbocycles. The molecule has 0 bridgehead atoms. The zero-order valence-electron chi connectivity index (χ0n) is 12.4. The summed E-state index contributed by atoms with van der Waals surface area (Å²) < 4.78 is 15.6. The molecule has 7 heteroatoms. The van der Waals surface area contributed by atoms with Gasteiger partial charge in [-0.1, -0.05) is 0 Å². The van der Waals surface area contributed by atoms with E-state index in [-0.39, 0.29) is 12.3 Å². The summed E-state index contributed by atoms with van der Waals surface area (Å²) in [5.41, 5.74) is 0.507. The Balaban J connectivity index is 3.33. The summed E-state index contributed by atoms with van der Waals surface area (Å²) in [7, 11) is 4.41. The largest absolute Gasteiger partial charge is 0.496 e. The van der Waals surface area contributed by atoms with Crippen LogP contribution in [-0.4, -0.2) is 38.3 Å². The number of hydrogen-bond donors (Lipinski definition) is 2. The van der Waals surface area contributed by atoms with Crippen molar-refractivity contribution in [2.45, 2.75) is 19.4 Å². The molecule has 2 N–H and O–H groups in total. The highest BCUT2D eigenvalue weighted by molar-refractivity contribution is 5.76. The highest BCUT2D eigenvalue weighted by Crippen LogP contribution is 2.38. The van der Waals surface area contributed by atoms with Crippen LogP contribution in [0.4, 0.5) is 0 Å². The van der Waals surface area contributed by atoms with Gasteiger partial charge in [0.25, 0.3) is 0 Å². The Morgan fingerprint density at radius 1 is 1.10 bits per heavy atom. The predicted molar refractivity (Wildman–Crippen MR) is 74.9 cm³/mol. The molecule has 1 amide bonds. The number of ether oxygens (including phenoxy) is 3. The molecule has 0 unspecified atom stereocenters. The third kappa shape index (κ3) is 4.27. The normalized spacial score (nSPS) is 11.4. The summed E-state index contributed by atoms with van der Waals surface area (Å²) in [4.78, 5) is 22.3. The zero-order chi connectivity index (χ0) is 16.0. The zero-order valence-corrected chi connectivity index (χ0v) is 12.4. The summed E-state index contributed by atoms with van der Waals surface area (Å²) >= 11 is 0. The average molecular weight is 297 g/mol. The minimum Gasteiger partial charge on any atom is -0.496 e. The van der Waals surface area contributed by atoms with Crippen molar-refractivity contribution in [1.82, 2.24) is 5.32 Å². The number of benzene rings is 1. The highest BCUT2D eigenvalue weighted by Gasteiger charge is 2.23. The third-order valence-corrected chi connectivity index (χ3v) is 2.87. The first-order valence-corrected chi connectivity index (χ1v) is 6.21. The Labute approximate surface area is 122 Å². The number of amides is 1. The van der Waals surface area contributed by atoms with E-state index in [2.05, 4.69) is 5.32 Å². The first-order chi connectivity index (χ1) is 9.92. The van der Waals surface area contributed by atoms with Crippen molar-refractivity contribution in [3.63, 3.8) is 0 Å². The Hall–Kier alpha value is -2.44. The maximum atomic E-state index is 11.3. The fourth-order valence-corrected chi connectivity index (χ4v) is 1.98. The minimum atomic E-state index is -1.04. The molecule has 0 saturated heterocycles. The van der Waals surface area contributed by atoms with Crippen LogP contribution < -0.4 is 19.5 Å². The number of aliphatic carboxylic acids is 1. The highest BCUT2D eigenvalue weighted by atomic mass is 16.5. The molecule has 7 nitrogen and oxygen atoms in total. The van der Waals surface area contributed by atoms with Gasteiger partial charge in [0.2, 0.25) is 5.91 Å². The molecule has 1 rings (SSSR count). The van der Waals surface area contributed by atoms with Crippen LogP contribution >= 0.6 is 0 Å². The van der Waals surface area contributed by atoms with E-state index in [9.17, 15) is 9.59 Å². The number of hydrogen-bond acceptors (Lipinski definition) is 5. The van der Waals surface area contributed by atoms with E-state index in [1.807, 2.05) is 0 Å². The van der Waals surface area contributed by atoms with Crippen molar-refractivity contribution in [2.24, 2.45) is 0 Å². The van der Waals surface area contributed by atoms with Gasteiger partial charge in [-0.3, -0.25) is 9.59 Å².